The summed E-state index contributed by atoms with van der Waals surface area (Å²) in [5.74, 6) is 0.580. The molecule has 1 aromatic carbocycles. The number of pyridine rings is 2. The number of nitrogens with one attached hydrogen (secondary N) is 1. The molecule has 0 spiro atoms. The van der Waals surface area contributed by atoms with Crippen LogP contribution in [0.1, 0.15) is 66.6 Å². The van der Waals surface area contributed by atoms with Crippen LogP contribution in [0.2, 0.25) is 0 Å². The number of nitrogens with two attached hydrogens (primary N) is 1. The fourth-order valence-electron chi connectivity index (χ4n) is 5.00. The molecule has 12 nitrogen and oxygen atoms in total. The highest BCUT2D eigenvalue weighted by Crippen LogP contribution is 2.47. The second-order valence-electron chi connectivity index (χ2n) is 11.2. The summed E-state index contributed by atoms with van der Waals surface area (Å²) in [7, 11) is -4.17. The number of unbranched alkanes of at least 4 members (excludes halogenated alkanes) is 1. The highest BCUT2D eigenvalue weighted by Gasteiger charge is 2.39. The number of hydrogen-bond acceptors (Lipinski definition) is 10. The molecule has 0 unspecified atom stereocenters. The summed E-state index contributed by atoms with van der Waals surface area (Å²) in [5.41, 5.74) is 7.71. The summed E-state index contributed by atoms with van der Waals surface area (Å²) in [6, 6.07) is 10.0. The fourth-order valence-corrected chi connectivity index (χ4v) is 6.60. The Labute approximate surface area is 258 Å². The maximum absolute atomic E-state index is 14.4. The van der Waals surface area contributed by atoms with Gasteiger partial charge in [-0.15, -0.1) is 0 Å². The Hall–Kier alpha value is -3.57. The van der Waals surface area contributed by atoms with Crippen LogP contribution in [-0.2, 0) is 35.5 Å². The molecule has 238 valence electrons. The van der Waals surface area contributed by atoms with Crippen LogP contribution in [0.4, 0.5) is 5.82 Å². The summed E-state index contributed by atoms with van der Waals surface area (Å²) in [5, 5.41) is 3.64. The molecule has 3 N–H and O–H groups in total. The molecule has 0 bridgehead atoms. The molecule has 3 atom stereocenters. The number of ether oxygens (including phenoxy) is 2. The number of hydrogen-bond donors (Lipinski definition) is 2. The highest BCUT2D eigenvalue weighted by atomic mass is 31.2. The topological polar surface area (TPSA) is 153 Å². The van der Waals surface area contributed by atoms with Gasteiger partial charge in [-0.1, -0.05) is 38.0 Å². The van der Waals surface area contributed by atoms with Crippen molar-refractivity contribution in [2.24, 2.45) is 0 Å². The van der Waals surface area contributed by atoms with Crippen molar-refractivity contribution in [2.75, 3.05) is 18.9 Å². The van der Waals surface area contributed by atoms with Crippen molar-refractivity contribution >= 4 is 41.5 Å². The Morgan fingerprint density at radius 1 is 1.14 bits per heavy atom. The zero-order chi connectivity index (χ0) is 31.9. The fraction of sp³-hybridized carbons (Fsp3) is 0.484. The molecular formula is C31H43N6O6P. The number of imidazole rings is 1. The molecule has 0 aliphatic rings. The molecule has 0 aliphatic heterocycles. The number of para-hydroxylation sites is 1. The van der Waals surface area contributed by atoms with Crippen molar-refractivity contribution in [3.05, 3.63) is 54.6 Å². The molecule has 0 amide bonds. The van der Waals surface area contributed by atoms with Crippen molar-refractivity contribution in [1.82, 2.24) is 24.6 Å². The lowest BCUT2D eigenvalue weighted by Crippen LogP contribution is -2.40. The third-order valence-corrected chi connectivity index (χ3v) is 8.72. The average Bonchev–Trinajstić information content (AvgIpc) is 3.39. The molecule has 4 aromatic rings. The number of esters is 1. The number of carbonyl (C=O) groups excluding carboxylic acids is 1. The molecule has 13 heteroatoms. The van der Waals surface area contributed by atoms with Gasteiger partial charge in [0.05, 0.1) is 35.5 Å². The highest BCUT2D eigenvalue weighted by molar-refractivity contribution is 7.52. The first kappa shape index (κ1) is 33.3. The standard InChI is InChI=1S/C31H43N6O6P/c1-7-9-16-31(6,20-41-44(39,43-23-13-12-17-33-18-23)36-22(5)30(38)42-21(3)4)37-26(19-40-8-2)35-27-28(37)24-14-10-11-15-25(24)34-29(27)32/h10-15,17-18,21-22H,7-9,16,19-20H2,1-6H3,(H2,32,34)(H,36,39)/t22-,31-,44+/m0/s1. The van der Waals surface area contributed by atoms with E-state index in [0.29, 0.717) is 30.2 Å². The summed E-state index contributed by atoms with van der Waals surface area (Å²) in [6.07, 6.45) is 5.04. The van der Waals surface area contributed by atoms with Gasteiger partial charge in [0.25, 0.3) is 0 Å². The zero-order valence-electron chi connectivity index (χ0n) is 26.3. The molecule has 0 aliphatic carbocycles. The maximum atomic E-state index is 14.4. The van der Waals surface area contributed by atoms with E-state index in [0.717, 1.165) is 29.3 Å². The molecule has 3 heterocycles. The molecule has 0 radical (unpaired) electrons. The van der Waals surface area contributed by atoms with E-state index in [9.17, 15) is 9.36 Å². The van der Waals surface area contributed by atoms with E-state index < -0.39 is 25.3 Å². The number of benzene rings is 1. The largest absolute Gasteiger partial charge is 0.462 e. The number of nitrogen functional groups attached to an aromatic ring is 1. The first-order chi connectivity index (χ1) is 21.0. The Morgan fingerprint density at radius 2 is 1.91 bits per heavy atom. The average molecular weight is 627 g/mol. The van der Waals surface area contributed by atoms with Crippen molar-refractivity contribution in [3.63, 3.8) is 0 Å². The number of nitrogens with zero attached hydrogens (tertiary/aromatic N) is 4. The quantitative estimate of drug-likeness (QED) is 0.109. The smallest absolute Gasteiger partial charge is 0.459 e. The summed E-state index contributed by atoms with van der Waals surface area (Å²) in [4.78, 5) is 26.2. The third kappa shape index (κ3) is 7.74. The second-order valence-corrected chi connectivity index (χ2v) is 12.9. The van der Waals surface area contributed by atoms with Gasteiger partial charge in [0.1, 0.15) is 29.7 Å². The van der Waals surface area contributed by atoms with Gasteiger partial charge in [-0.2, -0.15) is 5.09 Å². The van der Waals surface area contributed by atoms with E-state index in [2.05, 4.69) is 26.5 Å². The van der Waals surface area contributed by atoms with Crippen LogP contribution in [0.5, 0.6) is 5.75 Å². The van der Waals surface area contributed by atoms with Crippen LogP contribution in [0.25, 0.3) is 21.9 Å². The number of rotatable bonds is 16. The first-order valence-electron chi connectivity index (χ1n) is 15.0. The SMILES string of the molecule is CCCC[C@@](C)(CO[P@](=O)(N[C@@H](C)C(=O)OC(C)C)Oc1cccnc1)n1c(COCC)nc2c(N)nc3ccccc3c21. The van der Waals surface area contributed by atoms with Gasteiger partial charge in [0.15, 0.2) is 5.82 Å². The van der Waals surface area contributed by atoms with Gasteiger partial charge in [-0.25, -0.2) is 14.5 Å². The number of aromatic nitrogens is 4. The zero-order valence-corrected chi connectivity index (χ0v) is 27.2. The van der Waals surface area contributed by atoms with E-state index in [-0.39, 0.29) is 25.1 Å². The van der Waals surface area contributed by atoms with Crippen LogP contribution in [0.3, 0.4) is 0 Å². The van der Waals surface area contributed by atoms with Crippen molar-refractivity contribution in [1.29, 1.82) is 0 Å². The molecule has 3 aromatic heterocycles. The van der Waals surface area contributed by atoms with E-state index >= 15 is 0 Å². The van der Waals surface area contributed by atoms with Gasteiger partial charge in [0, 0.05) is 18.2 Å². The number of fused-ring (bicyclic) bond motifs is 3. The van der Waals surface area contributed by atoms with E-state index in [1.807, 2.05) is 38.1 Å². The lowest BCUT2D eigenvalue weighted by molar-refractivity contribution is -0.149. The van der Waals surface area contributed by atoms with Crippen molar-refractivity contribution in [3.8, 4) is 5.75 Å². The van der Waals surface area contributed by atoms with E-state index in [1.54, 1.807) is 39.1 Å². The normalized spacial score (nSPS) is 15.2. The van der Waals surface area contributed by atoms with Crippen molar-refractivity contribution in [2.45, 2.75) is 85.1 Å². The predicted octanol–water partition coefficient (Wildman–Crippen LogP) is 6.14. The molecule has 0 saturated heterocycles. The summed E-state index contributed by atoms with van der Waals surface area (Å²) < 4.78 is 39.8. The van der Waals surface area contributed by atoms with E-state index in [1.165, 1.54) is 6.20 Å². The summed E-state index contributed by atoms with van der Waals surface area (Å²) >= 11 is 0. The van der Waals surface area contributed by atoms with Gasteiger partial charge in [-0.05, 0) is 59.2 Å². The van der Waals surface area contributed by atoms with Gasteiger partial charge < -0.3 is 24.3 Å². The number of carbonyl (C=O) groups is 1. The van der Waals surface area contributed by atoms with E-state index in [4.69, 9.17) is 29.2 Å². The molecule has 44 heavy (non-hydrogen) atoms. The molecular weight excluding hydrogens is 583 g/mol. The minimum Gasteiger partial charge on any atom is -0.462 e. The third-order valence-electron chi connectivity index (χ3n) is 7.10. The minimum atomic E-state index is -4.17. The maximum Gasteiger partial charge on any atom is 0.459 e. The van der Waals surface area contributed by atoms with Crippen LogP contribution in [0.15, 0.2) is 48.8 Å². The summed E-state index contributed by atoms with van der Waals surface area (Å²) in [6.45, 7) is 11.7. The predicted molar refractivity (Wildman–Crippen MR) is 170 cm³/mol. The minimum absolute atomic E-state index is 0.0649. The van der Waals surface area contributed by atoms with Crippen LogP contribution in [-0.4, -0.2) is 50.8 Å². The first-order valence-corrected chi connectivity index (χ1v) is 16.5. The lowest BCUT2D eigenvalue weighted by Gasteiger charge is -2.35. The Bertz CT molecular complexity index is 1610. The van der Waals surface area contributed by atoms with Crippen LogP contribution in [0, 0.1) is 0 Å². The Morgan fingerprint density at radius 3 is 2.59 bits per heavy atom. The van der Waals surface area contributed by atoms with Gasteiger partial charge in [-0.3, -0.25) is 14.3 Å². The van der Waals surface area contributed by atoms with Crippen molar-refractivity contribution < 1.29 is 27.9 Å². The molecule has 4 rings (SSSR count). The van der Waals surface area contributed by atoms with Gasteiger partial charge in [0.2, 0.25) is 0 Å². The molecule has 0 saturated carbocycles. The number of anilines is 1. The monoisotopic (exact) mass is 626 g/mol. The lowest BCUT2D eigenvalue weighted by atomic mass is 9.94. The molecule has 0 fully saturated rings. The van der Waals surface area contributed by atoms with Crippen LogP contribution < -0.4 is 15.3 Å². The second kappa shape index (κ2) is 14.5. The van der Waals surface area contributed by atoms with Crippen LogP contribution >= 0.6 is 7.75 Å². The Balaban J connectivity index is 1.81. The van der Waals surface area contributed by atoms with Gasteiger partial charge >= 0.3 is 13.7 Å². The Kier molecular flexibility index (Phi) is 11.0.